The molecule has 0 unspecified atom stereocenters. The van der Waals surface area contributed by atoms with Gasteiger partial charge in [0.25, 0.3) is 0 Å². The fraction of sp³-hybridized carbons (Fsp3) is 0.731. The lowest BCUT2D eigenvalue weighted by Gasteiger charge is -2.60. The molecule has 1 spiro atoms. The fourth-order valence-corrected chi connectivity index (χ4v) is 6.46. The summed E-state index contributed by atoms with van der Waals surface area (Å²) in [6, 6.07) is 5.61. The highest BCUT2D eigenvalue weighted by molar-refractivity contribution is 5.90. The summed E-state index contributed by atoms with van der Waals surface area (Å²) in [5.74, 6) is 0.403. The summed E-state index contributed by atoms with van der Waals surface area (Å²) in [6.07, 6.45) is 3.03. The molecule has 1 aliphatic carbocycles. The molecule has 4 heterocycles. The first-order valence-electron chi connectivity index (χ1n) is 12.7. The van der Waals surface area contributed by atoms with Gasteiger partial charge in [0, 0.05) is 30.5 Å². The van der Waals surface area contributed by atoms with E-state index in [4.69, 9.17) is 24.0 Å². The van der Waals surface area contributed by atoms with Crippen molar-refractivity contribution >= 4 is 11.7 Å². The number of fused-ring (bicyclic) bond motifs is 2. The maximum Gasteiger partial charge on any atom is 0.319 e. The van der Waals surface area contributed by atoms with Gasteiger partial charge in [-0.05, 0) is 69.1 Å². The first-order valence-corrected chi connectivity index (χ1v) is 12.7. The van der Waals surface area contributed by atoms with Crippen LogP contribution in [0.25, 0.3) is 0 Å². The van der Waals surface area contributed by atoms with Crippen LogP contribution in [0.15, 0.2) is 18.2 Å². The van der Waals surface area contributed by atoms with Gasteiger partial charge in [0.2, 0.25) is 5.79 Å². The summed E-state index contributed by atoms with van der Waals surface area (Å²) in [5.41, 5.74) is 2.42. The molecular formula is C26H38N2O6. The van der Waals surface area contributed by atoms with Gasteiger partial charge in [0.05, 0.1) is 6.61 Å². The van der Waals surface area contributed by atoms with Crippen LogP contribution in [0.1, 0.15) is 57.6 Å². The number of carbonyl (C=O) groups is 1. The van der Waals surface area contributed by atoms with E-state index in [0.29, 0.717) is 25.0 Å². The van der Waals surface area contributed by atoms with E-state index in [1.165, 1.54) is 0 Å². The summed E-state index contributed by atoms with van der Waals surface area (Å²) in [4.78, 5) is 24.4. The van der Waals surface area contributed by atoms with Crippen LogP contribution in [0.5, 0.6) is 0 Å². The Bertz CT molecular complexity index is 927. The van der Waals surface area contributed by atoms with E-state index >= 15 is 0 Å². The molecule has 0 aromatic heterocycles. The number of anilines is 1. The molecule has 4 saturated heterocycles. The van der Waals surface area contributed by atoms with Crippen molar-refractivity contribution in [3.05, 3.63) is 29.3 Å². The van der Waals surface area contributed by atoms with Crippen molar-refractivity contribution in [1.82, 2.24) is 5.32 Å². The van der Waals surface area contributed by atoms with Gasteiger partial charge >= 0.3 is 6.03 Å². The van der Waals surface area contributed by atoms with Crippen molar-refractivity contribution < 1.29 is 28.8 Å². The number of aryl methyl sites for hydroxylation is 1. The minimum Gasteiger partial charge on any atom is -0.350 e. The number of urea groups is 1. The van der Waals surface area contributed by atoms with Gasteiger partial charge in [-0.25, -0.2) is 14.6 Å². The fourth-order valence-electron chi connectivity index (χ4n) is 6.46. The molecule has 8 heteroatoms. The molecule has 1 saturated carbocycles. The number of ether oxygens (including phenoxy) is 3. The predicted molar refractivity (Wildman–Crippen MR) is 126 cm³/mol. The monoisotopic (exact) mass is 474 g/mol. The van der Waals surface area contributed by atoms with Gasteiger partial charge in [0.1, 0.15) is 0 Å². The van der Waals surface area contributed by atoms with Crippen LogP contribution in [0.3, 0.4) is 0 Å². The molecule has 5 fully saturated rings. The minimum absolute atomic E-state index is 0.115. The van der Waals surface area contributed by atoms with Gasteiger partial charge in [-0.2, -0.15) is 0 Å². The van der Waals surface area contributed by atoms with E-state index in [-0.39, 0.29) is 17.9 Å². The number of nitrogens with one attached hydrogen (secondary N) is 2. The zero-order valence-corrected chi connectivity index (χ0v) is 20.9. The van der Waals surface area contributed by atoms with Gasteiger partial charge < -0.3 is 24.8 Å². The van der Waals surface area contributed by atoms with Crippen LogP contribution in [-0.2, 0) is 24.0 Å². The zero-order valence-electron chi connectivity index (χ0n) is 20.9. The summed E-state index contributed by atoms with van der Waals surface area (Å²) in [7, 11) is 0. The number of hydrogen-bond acceptors (Lipinski definition) is 6. The molecule has 0 radical (unpaired) electrons. The zero-order chi connectivity index (χ0) is 24.1. The molecular weight excluding hydrogens is 436 g/mol. The molecule has 1 aromatic carbocycles. The Balaban J connectivity index is 1.19. The highest BCUT2D eigenvalue weighted by Gasteiger charge is 2.69. The van der Waals surface area contributed by atoms with Crippen molar-refractivity contribution in [2.24, 2.45) is 23.7 Å². The maximum absolute atomic E-state index is 12.4. The molecule has 2 N–H and O–H groups in total. The number of carbonyl (C=O) groups excluding carboxylic acids is 1. The van der Waals surface area contributed by atoms with Crippen molar-refractivity contribution in [3.8, 4) is 0 Å². The number of benzene rings is 1. The first-order chi connectivity index (χ1) is 16.2. The van der Waals surface area contributed by atoms with E-state index in [1.54, 1.807) is 0 Å². The van der Waals surface area contributed by atoms with E-state index in [9.17, 15) is 4.79 Å². The topological polar surface area (TPSA) is 87.3 Å². The summed E-state index contributed by atoms with van der Waals surface area (Å²) in [5, 5.41) is 5.78. The van der Waals surface area contributed by atoms with Crippen LogP contribution in [0.4, 0.5) is 10.5 Å². The maximum atomic E-state index is 12.4. The molecule has 4 aliphatic heterocycles. The molecule has 2 bridgehead atoms. The van der Waals surface area contributed by atoms with Crippen LogP contribution in [-0.4, -0.2) is 43.2 Å². The molecule has 1 aromatic rings. The molecule has 188 valence electrons. The molecule has 34 heavy (non-hydrogen) atoms. The molecule has 8 atom stereocenters. The Kier molecular flexibility index (Phi) is 6.40. The van der Waals surface area contributed by atoms with E-state index in [2.05, 4.69) is 24.5 Å². The quantitative estimate of drug-likeness (QED) is 0.477. The Morgan fingerprint density at radius 2 is 1.97 bits per heavy atom. The molecule has 8 nitrogen and oxygen atoms in total. The van der Waals surface area contributed by atoms with Crippen molar-refractivity contribution in [1.29, 1.82) is 0 Å². The molecule has 6 rings (SSSR count). The second-order valence-corrected chi connectivity index (χ2v) is 10.8. The van der Waals surface area contributed by atoms with Crippen LogP contribution in [0.2, 0.25) is 0 Å². The van der Waals surface area contributed by atoms with Gasteiger partial charge in [0.15, 0.2) is 18.2 Å². The Hall–Kier alpha value is -1.71. The molecule has 5 aliphatic rings. The molecule has 2 amide bonds. The average Bonchev–Trinajstić information content (AvgIpc) is 3.03. The highest BCUT2D eigenvalue weighted by atomic mass is 17.3. The lowest BCUT2D eigenvalue weighted by Crippen LogP contribution is -2.70. The van der Waals surface area contributed by atoms with Gasteiger partial charge in [-0.1, -0.05) is 26.0 Å². The Morgan fingerprint density at radius 3 is 2.79 bits per heavy atom. The number of hydrogen-bond donors (Lipinski definition) is 2. The lowest BCUT2D eigenvalue weighted by atomic mass is 9.58. The Labute approximate surface area is 201 Å². The second kappa shape index (κ2) is 9.06. The van der Waals surface area contributed by atoms with Crippen molar-refractivity contribution in [2.45, 2.75) is 84.3 Å². The van der Waals surface area contributed by atoms with Crippen LogP contribution in [0, 0.1) is 37.5 Å². The third kappa shape index (κ3) is 4.03. The summed E-state index contributed by atoms with van der Waals surface area (Å²) >= 11 is 0. The largest absolute Gasteiger partial charge is 0.350 e. The SMILES string of the molecule is Cc1cccc(NC(=O)NCCO[C@@H]2O[C@@H]3O[C@]4(C)CC[C@H]5[C@H](C)CC[C@@H]([C@H]2C)[C@@]35OO4)c1C. The summed E-state index contributed by atoms with van der Waals surface area (Å²) in [6.45, 7) is 11.1. The summed E-state index contributed by atoms with van der Waals surface area (Å²) < 4.78 is 18.9. The average molecular weight is 475 g/mol. The van der Waals surface area contributed by atoms with E-state index in [0.717, 1.165) is 42.5 Å². The van der Waals surface area contributed by atoms with Gasteiger partial charge in [-0.15, -0.1) is 0 Å². The number of rotatable bonds is 5. The second-order valence-electron chi connectivity index (χ2n) is 10.8. The number of amides is 2. The van der Waals surface area contributed by atoms with E-state index in [1.807, 2.05) is 39.0 Å². The smallest absolute Gasteiger partial charge is 0.319 e. The van der Waals surface area contributed by atoms with Gasteiger partial charge in [-0.3, -0.25) is 0 Å². The lowest BCUT2D eigenvalue weighted by molar-refractivity contribution is -0.577. The third-order valence-corrected chi connectivity index (χ3v) is 8.62. The highest BCUT2D eigenvalue weighted by Crippen LogP contribution is 2.60. The predicted octanol–water partition coefficient (Wildman–Crippen LogP) is 4.65. The first kappa shape index (κ1) is 24.0. The normalized spacial score (nSPS) is 40.9. The minimum atomic E-state index is -0.795. The third-order valence-electron chi connectivity index (χ3n) is 8.62. The van der Waals surface area contributed by atoms with Crippen molar-refractivity contribution in [3.63, 3.8) is 0 Å². The van der Waals surface area contributed by atoms with Crippen LogP contribution >= 0.6 is 0 Å². The van der Waals surface area contributed by atoms with Crippen LogP contribution < -0.4 is 10.6 Å². The Morgan fingerprint density at radius 1 is 1.15 bits per heavy atom. The standard InChI is InChI=1S/C26H38N2O6/c1-15-7-6-8-21(17(15)3)28-24(29)27-13-14-30-22-18(4)20-10-9-16(2)19-11-12-25(5)32-23(31-22)26(19,20)34-33-25/h6-8,16,18-20,22-23H,9-14H2,1-5H3,(H2,27,28,29)/t16-,18-,19+,20+,22-,23-,25+,26-/m1/s1. The van der Waals surface area contributed by atoms with E-state index < -0.39 is 24.0 Å². The van der Waals surface area contributed by atoms with Crippen molar-refractivity contribution in [2.75, 3.05) is 18.5 Å².